The van der Waals surface area contributed by atoms with Crippen LogP contribution in [-0.2, 0) is 19.0 Å². The summed E-state index contributed by atoms with van der Waals surface area (Å²) in [5.74, 6) is -1.40. The first-order valence-corrected chi connectivity index (χ1v) is 10.6. The fourth-order valence-electron chi connectivity index (χ4n) is 6.89. The molecule has 4 aliphatic rings. The van der Waals surface area contributed by atoms with E-state index in [1.807, 2.05) is 0 Å². The first-order chi connectivity index (χ1) is 13.8. The van der Waals surface area contributed by atoms with Crippen molar-refractivity contribution >= 4 is 5.78 Å². The van der Waals surface area contributed by atoms with E-state index in [2.05, 4.69) is 0 Å². The predicted octanol–water partition coefficient (Wildman–Crippen LogP) is -0.0455. The smallest absolute Gasteiger partial charge is 0.174 e. The van der Waals surface area contributed by atoms with Gasteiger partial charge in [0.2, 0.25) is 0 Å². The van der Waals surface area contributed by atoms with Gasteiger partial charge in [0.05, 0.1) is 36.4 Å². The number of fused-ring (bicyclic) bond motifs is 5. The number of carbonyl (C=O) groups is 1. The van der Waals surface area contributed by atoms with Crippen LogP contribution in [0.3, 0.4) is 0 Å². The van der Waals surface area contributed by atoms with Crippen molar-refractivity contribution in [2.45, 2.75) is 82.3 Å². The van der Waals surface area contributed by atoms with Crippen LogP contribution >= 0.6 is 0 Å². The molecule has 1 heterocycles. The number of ether oxygens (including phenoxy) is 3. The number of rotatable bonds is 2. The van der Waals surface area contributed by atoms with Crippen LogP contribution in [0, 0.1) is 16.7 Å². The Morgan fingerprint density at radius 1 is 1.10 bits per heavy atom. The van der Waals surface area contributed by atoms with Gasteiger partial charge in [-0.05, 0) is 25.0 Å². The Hall–Kier alpha value is -0.870. The molecule has 170 valence electrons. The Balaban J connectivity index is 2.04. The maximum absolute atomic E-state index is 14.1. The van der Waals surface area contributed by atoms with Crippen molar-refractivity contribution in [3.63, 3.8) is 0 Å². The van der Waals surface area contributed by atoms with E-state index in [0.717, 1.165) is 0 Å². The van der Waals surface area contributed by atoms with Crippen molar-refractivity contribution in [1.82, 2.24) is 0 Å². The van der Waals surface area contributed by atoms with Crippen LogP contribution in [-0.4, -0.2) is 88.8 Å². The number of carbonyl (C=O) groups excluding carboxylic acids is 1. The Morgan fingerprint density at radius 2 is 1.73 bits per heavy atom. The summed E-state index contributed by atoms with van der Waals surface area (Å²) in [5.41, 5.74) is -4.71. The molecule has 2 saturated carbocycles. The van der Waals surface area contributed by atoms with E-state index in [1.165, 1.54) is 14.2 Å². The third kappa shape index (κ3) is 2.33. The van der Waals surface area contributed by atoms with Crippen molar-refractivity contribution < 1.29 is 39.4 Å². The summed E-state index contributed by atoms with van der Waals surface area (Å²) in [6.45, 7) is 6.86. The third-order valence-corrected chi connectivity index (χ3v) is 8.90. The van der Waals surface area contributed by atoms with Crippen molar-refractivity contribution in [2.75, 3.05) is 20.8 Å². The van der Waals surface area contributed by atoms with Gasteiger partial charge < -0.3 is 34.6 Å². The van der Waals surface area contributed by atoms with Gasteiger partial charge in [-0.15, -0.1) is 0 Å². The van der Waals surface area contributed by atoms with Crippen molar-refractivity contribution in [2.24, 2.45) is 16.7 Å². The van der Waals surface area contributed by atoms with Gasteiger partial charge in [-0.1, -0.05) is 13.8 Å². The van der Waals surface area contributed by atoms with E-state index in [1.54, 1.807) is 27.7 Å². The average Bonchev–Trinajstić information content (AvgIpc) is 2.67. The second-order valence-corrected chi connectivity index (χ2v) is 10.3. The fourth-order valence-corrected chi connectivity index (χ4v) is 6.89. The van der Waals surface area contributed by atoms with Crippen LogP contribution in [0.15, 0.2) is 11.1 Å². The van der Waals surface area contributed by atoms with Crippen LogP contribution < -0.4 is 0 Å². The highest BCUT2D eigenvalue weighted by Crippen LogP contribution is 2.62. The first kappa shape index (κ1) is 22.3. The summed E-state index contributed by atoms with van der Waals surface area (Å²) in [6.07, 6.45) is -4.70. The molecule has 0 spiro atoms. The summed E-state index contributed by atoms with van der Waals surface area (Å²) in [7, 11) is 2.91. The maximum Gasteiger partial charge on any atom is 0.174 e. The molecule has 8 nitrogen and oxygen atoms in total. The van der Waals surface area contributed by atoms with Gasteiger partial charge in [0.1, 0.15) is 17.3 Å². The molecular weight excluding hydrogens is 392 g/mol. The summed E-state index contributed by atoms with van der Waals surface area (Å²) >= 11 is 0. The van der Waals surface area contributed by atoms with E-state index in [4.69, 9.17) is 14.2 Å². The second kappa shape index (κ2) is 6.57. The molecule has 0 radical (unpaired) electrons. The molecule has 0 aromatic heterocycles. The first-order valence-electron chi connectivity index (χ1n) is 10.6. The number of hydrogen-bond donors (Lipinski definition) is 4. The lowest BCUT2D eigenvalue weighted by atomic mass is 9.45. The molecule has 2 bridgehead atoms. The lowest BCUT2D eigenvalue weighted by Crippen LogP contribution is -2.80. The van der Waals surface area contributed by atoms with Gasteiger partial charge in [0, 0.05) is 38.4 Å². The predicted molar refractivity (Wildman–Crippen MR) is 106 cm³/mol. The highest BCUT2D eigenvalue weighted by Gasteiger charge is 2.75. The number of hydrogen-bond acceptors (Lipinski definition) is 8. The third-order valence-electron chi connectivity index (χ3n) is 8.90. The molecule has 30 heavy (non-hydrogen) atoms. The highest BCUT2D eigenvalue weighted by atomic mass is 16.6. The minimum atomic E-state index is -1.81. The van der Waals surface area contributed by atoms with Crippen LogP contribution in [0.4, 0.5) is 0 Å². The molecule has 0 amide bonds. The molecule has 9 atom stereocenters. The molecular formula is C22H34O8. The van der Waals surface area contributed by atoms with Crippen LogP contribution in [0.1, 0.15) is 40.5 Å². The zero-order chi connectivity index (χ0) is 22.4. The average molecular weight is 427 g/mol. The quantitative estimate of drug-likeness (QED) is 0.453. The highest BCUT2D eigenvalue weighted by molar-refractivity contribution is 5.93. The Morgan fingerprint density at radius 3 is 2.23 bits per heavy atom. The second-order valence-electron chi connectivity index (χ2n) is 10.3. The van der Waals surface area contributed by atoms with E-state index in [-0.39, 0.29) is 25.2 Å². The molecule has 4 N–H and O–H groups in total. The fraction of sp³-hybridized carbons (Fsp3) is 0.864. The number of methoxy groups -OCH3 is 2. The Kier molecular flexibility index (Phi) is 4.89. The summed E-state index contributed by atoms with van der Waals surface area (Å²) in [5, 5.41) is 46.0. The molecule has 1 saturated heterocycles. The standard InChI is InChI=1S/C22H34O8/c1-10-11(23)8-22(27)18(25)16-20(4,12(28-5)7-13-21(16,26)9-30-13)17(24)15(29-6)14(10)19(22,2)3/h11-13,15-16,18,23,25-27H,7-9H2,1-6H3/t11-,12-,13+,15+,16?,18-,20+,21-,22+/m0/s1. The lowest BCUT2D eigenvalue weighted by molar-refractivity contribution is -0.346. The molecule has 0 aromatic carbocycles. The molecule has 8 heteroatoms. The van der Waals surface area contributed by atoms with E-state index >= 15 is 0 Å². The van der Waals surface area contributed by atoms with Gasteiger partial charge in [-0.2, -0.15) is 0 Å². The number of ketones is 1. The zero-order valence-electron chi connectivity index (χ0n) is 18.5. The SMILES string of the molecule is CO[C@H]1C(=O)[C@@]2(C)C([C@H](O)[C@]3(O)C[C@H](O)C(C)=C1C3(C)C)[C@]1(O)CO[C@@H]1C[C@@H]2OC. The van der Waals surface area contributed by atoms with Crippen molar-refractivity contribution in [1.29, 1.82) is 0 Å². The number of Topliss-reactive ketones (excluding diaryl/α,β-unsaturated/α-hetero) is 1. The monoisotopic (exact) mass is 426 g/mol. The largest absolute Gasteiger partial charge is 0.390 e. The van der Waals surface area contributed by atoms with Crippen LogP contribution in [0.5, 0.6) is 0 Å². The van der Waals surface area contributed by atoms with E-state index < -0.39 is 58.5 Å². The Labute approximate surface area is 176 Å². The van der Waals surface area contributed by atoms with Gasteiger partial charge in [-0.25, -0.2) is 0 Å². The van der Waals surface area contributed by atoms with E-state index in [9.17, 15) is 25.2 Å². The maximum atomic E-state index is 14.1. The Bertz CT molecular complexity index is 792. The summed E-state index contributed by atoms with van der Waals surface area (Å²) in [4.78, 5) is 14.1. The molecule has 4 rings (SSSR count). The molecule has 3 fully saturated rings. The molecule has 1 unspecified atom stereocenters. The van der Waals surface area contributed by atoms with Gasteiger partial charge in [0.25, 0.3) is 0 Å². The number of aliphatic hydroxyl groups is 4. The van der Waals surface area contributed by atoms with Crippen LogP contribution in [0.2, 0.25) is 0 Å². The van der Waals surface area contributed by atoms with Gasteiger partial charge in [-0.3, -0.25) is 4.79 Å². The zero-order valence-corrected chi connectivity index (χ0v) is 18.5. The van der Waals surface area contributed by atoms with Crippen molar-refractivity contribution in [3.8, 4) is 0 Å². The minimum Gasteiger partial charge on any atom is -0.390 e. The summed E-state index contributed by atoms with van der Waals surface area (Å²) in [6, 6.07) is 0. The van der Waals surface area contributed by atoms with Crippen molar-refractivity contribution in [3.05, 3.63) is 11.1 Å². The number of aliphatic hydroxyl groups excluding tert-OH is 2. The van der Waals surface area contributed by atoms with Gasteiger partial charge in [0.15, 0.2) is 5.78 Å². The van der Waals surface area contributed by atoms with Gasteiger partial charge >= 0.3 is 0 Å². The molecule has 1 aliphatic heterocycles. The summed E-state index contributed by atoms with van der Waals surface area (Å²) < 4.78 is 17.0. The van der Waals surface area contributed by atoms with E-state index in [0.29, 0.717) is 11.1 Å². The van der Waals surface area contributed by atoms with Crippen LogP contribution in [0.25, 0.3) is 0 Å². The lowest BCUT2D eigenvalue weighted by Gasteiger charge is -2.67. The topological polar surface area (TPSA) is 126 Å². The minimum absolute atomic E-state index is 0.0445. The molecule has 0 aromatic rings. The molecule has 3 aliphatic carbocycles. The normalized spacial score (nSPS) is 52.7.